The molecular weight excluding hydrogens is 426 g/mol. The van der Waals surface area contributed by atoms with E-state index < -0.39 is 0 Å². The molecule has 0 fully saturated rings. The molecule has 34 heavy (non-hydrogen) atoms. The second kappa shape index (κ2) is 8.82. The van der Waals surface area contributed by atoms with E-state index in [1.54, 1.807) is 17.8 Å². The smallest absolute Gasteiger partial charge is 0.265 e. The summed E-state index contributed by atoms with van der Waals surface area (Å²) in [5, 5.41) is 11.1. The van der Waals surface area contributed by atoms with Gasteiger partial charge in [-0.25, -0.2) is 4.98 Å². The highest BCUT2D eigenvalue weighted by molar-refractivity contribution is 5.94. The fraction of sp³-hybridized carbons (Fsp3) is 0.154. The third kappa shape index (κ3) is 3.69. The third-order valence-corrected chi connectivity index (χ3v) is 5.83. The van der Waals surface area contributed by atoms with Crippen molar-refractivity contribution in [2.24, 2.45) is 0 Å². The van der Waals surface area contributed by atoms with Crippen LogP contribution in [0.4, 0.5) is 17.5 Å². The molecule has 5 rings (SSSR count). The highest BCUT2D eigenvalue weighted by Gasteiger charge is 2.19. The van der Waals surface area contributed by atoms with Crippen LogP contribution in [0, 0.1) is 0 Å². The number of hydrogen-bond donors (Lipinski definition) is 3. The number of pyridine rings is 2. The molecule has 3 heterocycles. The van der Waals surface area contributed by atoms with Crippen LogP contribution >= 0.6 is 0 Å². The largest absolute Gasteiger partial charge is 0.387 e. The lowest BCUT2D eigenvalue weighted by molar-refractivity contribution is 0.774. The van der Waals surface area contributed by atoms with Crippen molar-refractivity contribution in [1.29, 1.82) is 0 Å². The zero-order valence-corrected chi connectivity index (χ0v) is 19.2. The van der Waals surface area contributed by atoms with Gasteiger partial charge in [0.25, 0.3) is 5.56 Å². The van der Waals surface area contributed by atoms with Crippen molar-refractivity contribution in [2.45, 2.75) is 13.0 Å². The molecule has 0 spiro atoms. The highest BCUT2D eigenvalue weighted by Crippen LogP contribution is 2.28. The maximum absolute atomic E-state index is 13.8. The molecule has 0 unspecified atom stereocenters. The molecule has 0 bridgehead atoms. The first-order valence-corrected chi connectivity index (χ1v) is 11.1. The molecule has 0 aliphatic heterocycles. The number of nitrogens with one attached hydrogen (secondary N) is 3. The van der Waals surface area contributed by atoms with E-state index in [1.807, 2.05) is 74.6 Å². The van der Waals surface area contributed by atoms with Gasteiger partial charge in [0.15, 0.2) is 5.82 Å². The minimum Gasteiger partial charge on any atom is -0.387 e. The van der Waals surface area contributed by atoms with Crippen molar-refractivity contribution in [3.8, 4) is 5.69 Å². The molecule has 1 atom stereocenters. The Labute approximate surface area is 196 Å². The number of benzene rings is 2. The summed E-state index contributed by atoms with van der Waals surface area (Å²) in [6.45, 7) is 2.01. The first-order chi connectivity index (χ1) is 16.6. The van der Waals surface area contributed by atoms with Crippen LogP contribution < -0.4 is 21.5 Å². The number of fused-ring (bicyclic) bond motifs is 2. The normalized spacial score (nSPS) is 12.0. The number of hydrogen-bond acceptors (Lipinski definition) is 7. The first kappa shape index (κ1) is 21.4. The van der Waals surface area contributed by atoms with E-state index in [-0.39, 0.29) is 11.6 Å². The minimum atomic E-state index is -0.264. The predicted octanol–water partition coefficient (Wildman–Crippen LogP) is 4.59. The fourth-order valence-corrected chi connectivity index (χ4v) is 4.21. The Kier molecular flexibility index (Phi) is 5.55. The van der Waals surface area contributed by atoms with Crippen LogP contribution in [0.3, 0.4) is 0 Å². The van der Waals surface area contributed by atoms with Gasteiger partial charge in [-0.05, 0) is 48.7 Å². The lowest BCUT2D eigenvalue weighted by atomic mass is 10.1. The van der Waals surface area contributed by atoms with Crippen LogP contribution in [-0.2, 0) is 0 Å². The number of anilines is 3. The van der Waals surface area contributed by atoms with Gasteiger partial charge in [0.1, 0.15) is 5.52 Å². The SMILES string of the molecule is CNc1nc(N[C@@H](C)c2cc3cccc(NC)c3c(=O)n2-c2ccccc2)c2ncccc2n1. The Morgan fingerprint density at radius 2 is 1.74 bits per heavy atom. The Balaban J connectivity index is 1.71. The third-order valence-electron chi connectivity index (χ3n) is 5.83. The van der Waals surface area contributed by atoms with Crippen molar-refractivity contribution in [2.75, 3.05) is 30.0 Å². The van der Waals surface area contributed by atoms with Crippen LogP contribution in [0.2, 0.25) is 0 Å². The Morgan fingerprint density at radius 1 is 0.912 bits per heavy atom. The molecule has 0 aliphatic carbocycles. The molecule has 0 saturated carbocycles. The topological polar surface area (TPSA) is 96.8 Å². The molecule has 0 radical (unpaired) electrons. The summed E-state index contributed by atoms with van der Waals surface area (Å²) in [5.41, 5.74) is 3.72. The van der Waals surface area contributed by atoms with Gasteiger partial charge < -0.3 is 16.0 Å². The van der Waals surface area contributed by atoms with Gasteiger partial charge in [-0.3, -0.25) is 14.3 Å². The Morgan fingerprint density at radius 3 is 2.50 bits per heavy atom. The summed E-state index contributed by atoms with van der Waals surface area (Å²) >= 11 is 0. The summed E-state index contributed by atoms with van der Waals surface area (Å²) < 4.78 is 1.76. The molecule has 0 saturated heterocycles. The summed E-state index contributed by atoms with van der Waals surface area (Å²) in [6, 6.07) is 21.0. The number of para-hydroxylation sites is 1. The van der Waals surface area contributed by atoms with Gasteiger partial charge in [-0.15, -0.1) is 0 Å². The van der Waals surface area contributed by atoms with Crippen molar-refractivity contribution in [1.82, 2.24) is 19.5 Å². The van der Waals surface area contributed by atoms with Gasteiger partial charge in [-0.1, -0.05) is 30.3 Å². The molecule has 8 nitrogen and oxygen atoms in total. The summed E-state index contributed by atoms with van der Waals surface area (Å²) in [7, 11) is 3.60. The van der Waals surface area contributed by atoms with Crippen molar-refractivity contribution < 1.29 is 0 Å². The standard InChI is InChI=1S/C26H25N7O/c1-16(30-24-23-20(13-8-14-29-23)31-26(28-3)32-24)21-15-17-9-7-12-19(27-2)22(17)25(34)33(21)18-10-5-4-6-11-18/h4-16,27H,1-3H3,(H2,28,30,31,32)/t16-/m0/s1. The molecular formula is C26H25N7O. The van der Waals surface area contributed by atoms with Crippen LogP contribution in [-0.4, -0.2) is 33.6 Å². The number of nitrogens with zero attached hydrogens (tertiary/aromatic N) is 4. The van der Waals surface area contributed by atoms with Gasteiger partial charge >= 0.3 is 0 Å². The van der Waals surface area contributed by atoms with Gasteiger partial charge in [-0.2, -0.15) is 4.98 Å². The molecule has 2 aromatic carbocycles. The van der Waals surface area contributed by atoms with Crippen LogP contribution in [0.5, 0.6) is 0 Å². The van der Waals surface area contributed by atoms with Gasteiger partial charge in [0, 0.05) is 37.4 Å². The van der Waals surface area contributed by atoms with E-state index in [1.165, 1.54) is 0 Å². The van der Waals surface area contributed by atoms with Crippen molar-refractivity contribution >= 4 is 39.3 Å². The summed E-state index contributed by atoms with van der Waals surface area (Å²) in [6.07, 6.45) is 1.72. The molecule has 3 aromatic heterocycles. The van der Waals surface area contributed by atoms with E-state index in [0.717, 1.165) is 28.0 Å². The van der Waals surface area contributed by atoms with E-state index in [4.69, 9.17) is 0 Å². The molecule has 0 aliphatic rings. The summed E-state index contributed by atoms with van der Waals surface area (Å²) in [4.78, 5) is 27.4. The fourth-order valence-electron chi connectivity index (χ4n) is 4.21. The second-order valence-corrected chi connectivity index (χ2v) is 7.95. The predicted molar refractivity (Wildman–Crippen MR) is 138 cm³/mol. The second-order valence-electron chi connectivity index (χ2n) is 7.95. The highest BCUT2D eigenvalue weighted by atomic mass is 16.1. The Hall–Kier alpha value is -4.46. The maximum atomic E-state index is 13.8. The Bertz CT molecular complexity index is 1550. The quantitative estimate of drug-likeness (QED) is 0.348. The molecule has 170 valence electrons. The maximum Gasteiger partial charge on any atom is 0.265 e. The van der Waals surface area contributed by atoms with Crippen LogP contribution in [0.25, 0.3) is 27.5 Å². The van der Waals surface area contributed by atoms with E-state index in [0.29, 0.717) is 22.7 Å². The molecule has 5 aromatic rings. The zero-order chi connectivity index (χ0) is 23.7. The van der Waals surface area contributed by atoms with Gasteiger partial charge in [0.2, 0.25) is 5.95 Å². The molecule has 0 amide bonds. The van der Waals surface area contributed by atoms with Gasteiger partial charge in [0.05, 0.1) is 16.9 Å². The van der Waals surface area contributed by atoms with E-state index in [9.17, 15) is 4.79 Å². The lowest BCUT2D eigenvalue weighted by Gasteiger charge is -2.22. The average Bonchev–Trinajstić information content (AvgIpc) is 2.88. The van der Waals surface area contributed by atoms with Crippen molar-refractivity contribution in [3.05, 3.63) is 89.0 Å². The molecule has 3 N–H and O–H groups in total. The minimum absolute atomic E-state index is 0.0844. The summed E-state index contributed by atoms with van der Waals surface area (Å²) in [5.74, 6) is 1.09. The van der Waals surface area contributed by atoms with Crippen LogP contribution in [0.15, 0.2) is 77.7 Å². The molecule has 8 heteroatoms. The first-order valence-electron chi connectivity index (χ1n) is 11.1. The van der Waals surface area contributed by atoms with E-state index >= 15 is 0 Å². The lowest BCUT2D eigenvalue weighted by Crippen LogP contribution is -2.26. The monoisotopic (exact) mass is 451 g/mol. The van der Waals surface area contributed by atoms with Crippen LogP contribution in [0.1, 0.15) is 18.7 Å². The average molecular weight is 452 g/mol. The van der Waals surface area contributed by atoms with Crippen molar-refractivity contribution in [3.63, 3.8) is 0 Å². The number of aromatic nitrogens is 4. The van der Waals surface area contributed by atoms with E-state index in [2.05, 4.69) is 37.0 Å². The number of rotatable bonds is 6. The zero-order valence-electron chi connectivity index (χ0n) is 19.2.